The Labute approximate surface area is 181 Å². The molecule has 0 atom stereocenters. The van der Waals surface area contributed by atoms with Crippen LogP contribution in [0.2, 0.25) is 0 Å². The summed E-state index contributed by atoms with van der Waals surface area (Å²) in [5, 5.41) is 17.3. The van der Waals surface area contributed by atoms with Crippen LogP contribution in [0.5, 0.6) is 0 Å². The maximum Gasteiger partial charge on any atom is 0.303 e. The number of carboxylic acid groups (broad SMARTS) is 1. The summed E-state index contributed by atoms with van der Waals surface area (Å²) in [5.41, 5.74) is 0. The Hall–Kier alpha value is -0.830. The minimum Gasteiger partial charge on any atom is -0.481 e. The van der Waals surface area contributed by atoms with Crippen LogP contribution in [-0.4, -0.2) is 22.8 Å². The van der Waals surface area contributed by atoms with Gasteiger partial charge < -0.3 is 10.2 Å². The number of aliphatic carboxylic acids is 1. The minimum absolute atomic E-state index is 0.336. The smallest absolute Gasteiger partial charge is 0.303 e. The summed E-state index contributed by atoms with van der Waals surface area (Å²) in [6, 6.07) is 0. The van der Waals surface area contributed by atoms with Crippen LogP contribution in [0.25, 0.3) is 0 Å². The molecule has 0 unspecified atom stereocenters. The highest BCUT2D eigenvalue weighted by atomic mass is 16.4. The number of aliphatic hydroxyl groups excluding tert-OH is 1. The van der Waals surface area contributed by atoms with E-state index in [0.29, 0.717) is 13.0 Å². The lowest BCUT2D eigenvalue weighted by atomic mass is 10.0. The van der Waals surface area contributed by atoms with Gasteiger partial charge in [-0.15, -0.1) is 0 Å². The van der Waals surface area contributed by atoms with Crippen LogP contribution in [-0.2, 0) is 4.79 Å². The number of hydrogen-bond donors (Lipinski definition) is 2. The predicted octanol–water partition coefficient (Wildman–Crippen LogP) is 8.20. The van der Waals surface area contributed by atoms with Gasteiger partial charge in [0.05, 0.1) is 0 Å². The van der Waals surface area contributed by atoms with Crippen molar-refractivity contribution < 1.29 is 15.0 Å². The molecule has 29 heavy (non-hydrogen) atoms. The molecule has 172 valence electrons. The summed E-state index contributed by atoms with van der Waals surface area (Å²) >= 11 is 0. The van der Waals surface area contributed by atoms with Gasteiger partial charge in [0.2, 0.25) is 0 Å². The maximum atomic E-state index is 10.4. The van der Waals surface area contributed by atoms with E-state index < -0.39 is 5.97 Å². The highest BCUT2D eigenvalue weighted by Crippen LogP contribution is 2.13. The molecule has 0 rings (SSSR count). The van der Waals surface area contributed by atoms with Crippen molar-refractivity contribution in [3.05, 3.63) is 12.2 Å². The van der Waals surface area contributed by atoms with E-state index in [1.165, 1.54) is 116 Å². The zero-order chi connectivity index (χ0) is 21.3. The summed E-state index contributed by atoms with van der Waals surface area (Å²) in [6.07, 6.45) is 31.7. The first-order valence-electron chi connectivity index (χ1n) is 12.7. The maximum absolute atomic E-state index is 10.4. The lowest BCUT2D eigenvalue weighted by Gasteiger charge is -2.02. The molecule has 0 aliphatic heterocycles. The van der Waals surface area contributed by atoms with Crippen LogP contribution in [0.4, 0.5) is 0 Å². The fourth-order valence-corrected chi connectivity index (χ4v) is 3.80. The lowest BCUT2D eigenvalue weighted by Crippen LogP contribution is -1.93. The quantitative estimate of drug-likeness (QED) is 0.124. The van der Waals surface area contributed by atoms with Gasteiger partial charge in [-0.1, -0.05) is 108 Å². The van der Waals surface area contributed by atoms with E-state index in [0.717, 1.165) is 19.3 Å². The summed E-state index contributed by atoms with van der Waals surface area (Å²) in [7, 11) is 0. The molecule has 0 fully saturated rings. The van der Waals surface area contributed by atoms with E-state index in [2.05, 4.69) is 12.2 Å². The molecule has 0 saturated carbocycles. The first kappa shape index (κ1) is 28.2. The van der Waals surface area contributed by atoms with E-state index in [4.69, 9.17) is 10.2 Å². The molecule has 0 amide bonds. The van der Waals surface area contributed by atoms with Crippen LogP contribution in [0.1, 0.15) is 141 Å². The standard InChI is InChI=1S/C26H50O3/c27-25-23-21-19-17-15-13-11-9-7-5-3-1-2-4-6-8-10-12-14-16-18-20-22-24-26(28)29/h5,7,27H,1-4,6,8-25H2,(H,28,29). The van der Waals surface area contributed by atoms with Gasteiger partial charge in [-0.3, -0.25) is 4.79 Å². The molecule has 0 aromatic rings. The average Bonchev–Trinajstić information content (AvgIpc) is 2.71. The Balaban J connectivity index is 3.07. The number of allylic oxidation sites excluding steroid dienone is 2. The number of hydrogen-bond acceptors (Lipinski definition) is 2. The second-order valence-electron chi connectivity index (χ2n) is 8.63. The Bertz CT molecular complexity index is 352. The summed E-state index contributed by atoms with van der Waals surface area (Å²) < 4.78 is 0. The number of rotatable bonds is 24. The van der Waals surface area contributed by atoms with Gasteiger partial charge in [0, 0.05) is 13.0 Å². The van der Waals surface area contributed by atoms with Crippen molar-refractivity contribution in [2.75, 3.05) is 6.61 Å². The van der Waals surface area contributed by atoms with E-state index in [-0.39, 0.29) is 0 Å². The average molecular weight is 411 g/mol. The largest absolute Gasteiger partial charge is 0.481 e. The molecule has 3 nitrogen and oxygen atoms in total. The van der Waals surface area contributed by atoms with Crippen LogP contribution in [0.15, 0.2) is 12.2 Å². The third-order valence-electron chi connectivity index (χ3n) is 5.71. The van der Waals surface area contributed by atoms with Gasteiger partial charge in [-0.25, -0.2) is 0 Å². The third-order valence-corrected chi connectivity index (χ3v) is 5.71. The van der Waals surface area contributed by atoms with Gasteiger partial charge in [0.25, 0.3) is 0 Å². The Kier molecular flexibility index (Phi) is 24.5. The molecule has 0 aliphatic carbocycles. The molecule has 0 saturated heterocycles. The number of carboxylic acids is 1. The minimum atomic E-state index is -0.658. The Morgan fingerprint density at radius 3 is 1.14 bits per heavy atom. The molecule has 0 aromatic carbocycles. The normalized spacial score (nSPS) is 11.5. The zero-order valence-electron chi connectivity index (χ0n) is 19.2. The van der Waals surface area contributed by atoms with E-state index in [9.17, 15) is 4.79 Å². The molecular weight excluding hydrogens is 360 g/mol. The Morgan fingerprint density at radius 2 is 0.793 bits per heavy atom. The molecule has 0 heterocycles. The van der Waals surface area contributed by atoms with E-state index in [1.54, 1.807) is 0 Å². The van der Waals surface area contributed by atoms with Crippen molar-refractivity contribution in [3.8, 4) is 0 Å². The van der Waals surface area contributed by atoms with Crippen LogP contribution >= 0.6 is 0 Å². The SMILES string of the molecule is O=C(O)CCCCCCCCCCCCCCC=CCCCCCCCCCO. The predicted molar refractivity (Wildman–Crippen MR) is 125 cm³/mol. The van der Waals surface area contributed by atoms with Gasteiger partial charge in [-0.2, -0.15) is 0 Å². The van der Waals surface area contributed by atoms with Gasteiger partial charge >= 0.3 is 5.97 Å². The summed E-state index contributed by atoms with van der Waals surface area (Å²) in [4.78, 5) is 10.4. The molecule has 0 radical (unpaired) electrons. The van der Waals surface area contributed by atoms with Gasteiger partial charge in [-0.05, 0) is 38.5 Å². The number of aliphatic hydroxyl groups is 1. The number of unbranched alkanes of at least 4 members (excludes halogenated alkanes) is 19. The molecule has 0 bridgehead atoms. The van der Waals surface area contributed by atoms with Gasteiger partial charge in [0.15, 0.2) is 0 Å². The van der Waals surface area contributed by atoms with Crippen LogP contribution in [0, 0.1) is 0 Å². The van der Waals surface area contributed by atoms with E-state index >= 15 is 0 Å². The first-order chi connectivity index (χ1) is 14.3. The molecule has 3 heteroatoms. The van der Waals surface area contributed by atoms with Crippen molar-refractivity contribution in [2.45, 2.75) is 141 Å². The fourth-order valence-electron chi connectivity index (χ4n) is 3.80. The fraction of sp³-hybridized carbons (Fsp3) is 0.885. The van der Waals surface area contributed by atoms with Crippen molar-refractivity contribution >= 4 is 5.97 Å². The molecular formula is C26H50O3. The molecule has 2 N–H and O–H groups in total. The molecule has 0 aromatic heterocycles. The summed E-state index contributed by atoms with van der Waals surface area (Å²) in [6.45, 7) is 0.352. The van der Waals surface area contributed by atoms with Crippen molar-refractivity contribution in [3.63, 3.8) is 0 Å². The van der Waals surface area contributed by atoms with Crippen molar-refractivity contribution in [1.82, 2.24) is 0 Å². The van der Waals surface area contributed by atoms with Crippen molar-refractivity contribution in [2.24, 2.45) is 0 Å². The number of carbonyl (C=O) groups is 1. The second kappa shape index (κ2) is 25.2. The van der Waals surface area contributed by atoms with Crippen LogP contribution in [0.3, 0.4) is 0 Å². The monoisotopic (exact) mass is 410 g/mol. The zero-order valence-corrected chi connectivity index (χ0v) is 19.2. The van der Waals surface area contributed by atoms with Gasteiger partial charge in [0.1, 0.15) is 0 Å². The summed E-state index contributed by atoms with van der Waals surface area (Å²) in [5.74, 6) is -0.658. The molecule has 0 spiro atoms. The third kappa shape index (κ3) is 27.2. The second-order valence-corrected chi connectivity index (χ2v) is 8.63. The topological polar surface area (TPSA) is 57.5 Å². The highest BCUT2D eigenvalue weighted by Gasteiger charge is 1.97. The first-order valence-corrected chi connectivity index (χ1v) is 12.7. The van der Waals surface area contributed by atoms with E-state index in [1.807, 2.05) is 0 Å². The van der Waals surface area contributed by atoms with Crippen molar-refractivity contribution in [1.29, 1.82) is 0 Å². The Morgan fingerprint density at radius 1 is 0.483 bits per heavy atom. The highest BCUT2D eigenvalue weighted by molar-refractivity contribution is 5.66. The molecule has 0 aliphatic rings. The lowest BCUT2D eigenvalue weighted by molar-refractivity contribution is -0.137. The van der Waals surface area contributed by atoms with Crippen LogP contribution < -0.4 is 0 Å².